The molecule has 1 aromatic heterocycles. The minimum Gasteiger partial charge on any atom is -0.299 e. The second-order valence-corrected chi connectivity index (χ2v) is 3.07. The van der Waals surface area contributed by atoms with Gasteiger partial charge in [-0.25, -0.2) is 9.97 Å². The van der Waals surface area contributed by atoms with Gasteiger partial charge in [-0.1, -0.05) is 6.42 Å². The van der Waals surface area contributed by atoms with Crippen LogP contribution in [0.3, 0.4) is 0 Å². The molecule has 0 atom stereocenters. The van der Waals surface area contributed by atoms with E-state index >= 15 is 0 Å². The van der Waals surface area contributed by atoms with E-state index in [9.17, 15) is 14.5 Å². The number of anilines is 1. The molecule has 0 amide bonds. The standard InChI is InChI=1S/C10H5FN4O2/c1-2-12-10-6-3-9(15(16)17)7(11)4-8(6)13-5-14-10/h1,3-5H,(H,12,13,14). The van der Waals surface area contributed by atoms with Gasteiger partial charge in [0.15, 0.2) is 0 Å². The predicted octanol–water partition coefficient (Wildman–Crippen LogP) is 1.68. The Kier molecular flexibility index (Phi) is 2.54. The van der Waals surface area contributed by atoms with Gasteiger partial charge in [0, 0.05) is 18.2 Å². The van der Waals surface area contributed by atoms with Gasteiger partial charge in [-0.15, -0.1) is 0 Å². The van der Waals surface area contributed by atoms with Crippen LogP contribution >= 0.6 is 0 Å². The number of nitro benzene ring substituents is 1. The topological polar surface area (TPSA) is 81.0 Å². The summed E-state index contributed by atoms with van der Waals surface area (Å²) in [5, 5.41) is 13.4. The number of nitrogens with zero attached hydrogens (tertiary/aromatic N) is 3. The van der Waals surface area contributed by atoms with E-state index in [1.165, 1.54) is 6.33 Å². The van der Waals surface area contributed by atoms with Crippen LogP contribution in [-0.4, -0.2) is 14.9 Å². The first-order chi connectivity index (χ1) is 8.13. The van der Waals surface area contributed by atoms with Crippen LogP contribution in [0.2, 0.25) is 0 Å². The molecule has 0 unspecified atom stereocenters. The van der Waals surface area contributed by atoms with Crippen molar-refractivity contribution >= 4 is 22.4 Å². The van der Waals surface area contributed by atoms with Gasteiger partial charge in [0.05, 0.1) is 15.8 Å². The lowest BCUT2D eigenvalue weighted by atomic mass is 10.2. The third-order valence-electron chi connectivity index (χ3n) is 2.09. The van der Waals surface area contributed by atoms with Crippen molar-refractivity contribution in [3.05, 3.63) is 34.4 Å². The lowest BCUT2D eigenvalue weighted by molar-refractivity contribution is -0.387. The second-order valence-electron chi connectivity index (χ2n) is 3.07. The zero-order valence-corrected chi connectivity index (χ0v) is 8.35. The molecule has 2 aromatic rings. The summed E-state index contributed by atoms with van der Waals surface area (Å²) >= 11 is 0. The highest BCUT2D eigenvalue weighted by molar-refractivity contribution is 5.91. The Balaban J connectivity index is 2.76. The Bertz CT molecular complexity index is 651. The molecule has 2 rings (SSSR count). The van der Waals surface area contributed by atoms with Crippen LogP contribution in [0.1, 0.15) is 0 Å². The van der Waals surface area contributed by atoms with Gasteiger partial charge in [0.1, 0.15) is 12.1 Å². The fourth-order valence-corrected chi connectivity index (χ4v) is 1.37. The molecule has 1 heterocycles. The third kappa shape index (κ3) is 1.83. The molecule has 7 heteroatoms. The molecule has 0 aliphatic carbocycles. The first kappa shape index (κ1) is 10.8. The Labute approximate surface area is 94.6 Å². The van der Waals surface area contributed by atoms with Crippen LogP contribution in [-0.2, 0) is 0 Å². The SMILES string of the molecule is C#CNc1ncnc2cc(F)c([N+](=O)[O-])cc12. The summed E-state index contributed by atoms with van der Waals surface area (Å²) in [6, 6.07) is 4.15. The highest BCUT2D eigenvalue weighted by Gasteiger charge is 2.17. The first-order valence-corrected chi connectivity index (χ1v) is 4.43. The summed E-state index contributed by atoms with van der Waals surface area (Å²) in [5.74, 6) is -0.728. The van der Waals surface area contributed by atoms with E-state index in [0.29, 0.717) is 5.39 Å². The van der Waals surface area contributed by atoms with E-state index in [1.54, 1.807) is 0 Å². The summed E-state index contributed by atoms with van der Waals surface area (Å²) < 4.78 is 13.3. The minimum atomic E-state index is -0.951. The van der Waals surface area contributed by atoms with E-state index in [-0.39, 0.29) is 11.3 Å². The smallest absolute Gasteiger partial charge is 0.299 e. The maximum atomic E-state index is 13.3. The summed E-state index contributed by atoms with van der Waals surface area (Å²) in [7, 11) is 0. The minimum absolute atomic E-state index is 0.223. The monoisotopic (exact) mass is 232 g/mol. The van der Waals surface area contributed by atoms with Crippen molar-refractivity contribution in [1.29, 1.82) is 0 Å². The zero-order valence-electron chi connectivity index (χ0n) is 8.35. The largest absolute Gasteiger partial charge is 0.305 e. The van der Waals surface area contributed by atoms with Gasteiger partial charge < -0.3 is 0 Å². The molecule has 17 heavy (non-hydrogen) atoms. The number of hydrogen-bond donors (Lipinski definition) is 1. The van der Waals surface area contributed by atoms with Crippen LogP contribution in [0.25, 0.3) is 10.9 Å². The summed E-state index contributed by atoms with van der Waals surface area (Å²) in [4.78, 5) is 17.4. The maximum Gasteiger partial charge on any atom is 0.305 e. The van der Waals surface area contributed by atoms with E-state index < -0.39 is 16.4 Å². The van der Waals surface area contributed by atoms with Crippen molar-refractivity contribution in [3.8, 4) is 12.5 Å². The van der Waals surface area contributed by atoms with E-state index in [0.717, 1.165) is 12.1 Å². The van der Waals surface area contributed by atoms with Crippen LogP contribution in [0.5, 0.6) is 0 Å². The Morgan fingerprint density at radius 3 is 2.88 bits per heavy atom. The van der Waals surface area contributed by atoms with Gasteiger partial charge in [0.25, 0.3) is 0 Å². The molecule has 0 saturated carbocycles. The number of nitrogens with one attached hydrogen (secondary N) is 1. The number of terminal acetylenes is 1. The van der Waals surface area contributed by atoms with E-state index in [1.807, 2.05) is 0 Å². The lowest BCUT2D eigenvalue weighted by Gasteiger charge is -2.03. The number of rotatable bonds is 2. The molecular formula is C10H5FN4O2. The van der Waals surface area contributed by atoms with Crippen molar-refractivity contribution in [2.24, 2.45) is 0 Å². The average Bonchev–Trinajstić information content (AvgIpc) is 2.28. The molecule has 0 spiro atoms. The Morgan fingerprint density at radius 2 is 2.24 bits per heavy atom. The summed E-state index contributed by atoms with van der Waals surface area (Å²) in [6.45, 7) is 0. The molecule has 0 fully saturated rings. The Hall–Kier alpha value is -2.75. The van der Waals surface area contributed by atoms with E-state index in [4.69, 9.17) is 6.42 Å². The molecule has 6 nitrogen and oxygen atoms in total. The molecule has 1 N–H and O–H groups in total. The first-order valence-electron chi connectivity index (χ1n) is 4.43. The molecule has 1 aromatic carbocycles. The van der Waals surface area contributed by atoms with Crippen LogP contribution in [0, 0.1) is 28.4 Å². The van der Waals surface area contributed by atoms with Crippen molar-refractivity contribution in [2.75, 3.05) is 5.32 Å². The quantitative estimate of drug-likeness (QED) is 0.368. The van der Waals surface area contributed by atoms with Crippen molar-refractivity contribution < 1.29 is 9.31 Å². The molecular weight excluding hydrogens is 227 g/mol. The summed E-state index contributed by atoms with van der Waals surface area (Å²) in [6.07, 6.45) is 6.24. The number of hydrogen-bond acceptors (Lipinski definition) is 5. The normalized spacial score (nSPS) is 9.88. The highest BCUT2D eigenvalue weighted by atomic mass is 19.1. The fraction of sp³-hybridized carbons (Fsp3) is 0. The lowest BCUT2D eigenvalue weighted by Crippen LogP contribution is -1.98. The summed E-state index contributed by atoms with van der Waals surface area (Å²) in [5.41, 5.74) is -0.409. The predicted molar refractivity (Wildman–Crippen MR) is 58.6 cm³/mol. The van der Waals surface area contributed by atoms with Gasteiger partial charge in [-0.05, 0) is 0 Å². The number of fused-ring (bicyclic) bond motifs is 1. The van der Waals surface area contributed by atoms with Crippen molar-refractivity contribution in [3.63, 3.8) is 0 Å². The zero-order chi connectivity index (χ0) is 12.4. The molecule has 0 bridgehead atoms. The van der Waals surface area contributed by atoms with Crippen molar-refractivity contribution in [2.45, 2.75) is 0 Å². The second kappa shape index (κ2) is 4.02. The van der Waals surface area contributed by atoms with Crippen LogP contribution < -0.4 is 5.32 Å². The van der Waals surface area contributed by atoms with Gasteiger partial charge >= 0.3 is 5.69 Å². The number of halogens is 1. The van der Waals surface area contributed by atoms with Gasteiger partial charge in [0.2, 0.25) is 5.82 Å². The van der Waals surface area contributed by atoms with Gasteiger partial charge in [-0.2, -0.15) is 4.39 Å². The van der Waals surface area contributed by atoms with Crippen LogP contribution in [0.4, 0.5) is 15.9 Å². The molecule has 0 aliphatic heterocycles. The molecule has 84 valence electrons. The van der Waals surface area contributed by atoms with E-state index in [2.05, 4.69) is 21.3 Å². The number of nitro groups is 1. The number of aromatic nitrogens is 2. The maximum absolute atomic E-state index is 13.3. The fourth-order valence-electron chi connectivity index (χ4n) is 1.37. The third-order valence-corrected chi connectivity index (χ3v) is 2.09. The van der Waals surface area contributed by atoms with Gasteiger partial charge in [-0.3, -0.25) is 15.4 Å². The highest BCUT2D eigenvalue weighted by Crippen LogP contribution is 2.26. The molecule has 0 radical (unpaired) electrons. The van der Waals surface area contributed by atoms with Crippen LogP contribution in [0.15, 0.2) is 18.5 Å². The number of benzene rings is 1. The van der Waals surface area contributed by atoms with Crippen molar-refractivity contribution in [1.82, 2.24) is 9.97 Å². The molecule has 0 saturated heterocycles. The Morgan fingerprint density at radius 1 is 1.47 bits per heavy atom. The average molecular weight is 232 g/mol. The molecule has 0 aliphatic rings.